The van der Waals surface area contributed by atoms with Gasteiger partial charge in [0.15, 0.2) is 0 Å². The SMILES string of the molecule is c1ccc(-c2ccc(-c3c4ccccc4c(-c4cccc(-c5ccc6[nH]c7cc8ccccc8cc7c6c5)c4)c4ccccc34)cc2)cc1. The molecule has 0 atom stereocenters. The van der Waals surface area contributed by atoms with E-state index in [9.17, 15) is 0 Å². The molecule has 0 aliphatic rings. The molecule has 1 N–H and O–H groups in total. The third-order valence-electron chi connectivity index (χ3n) is 10.2. The molecule has 0 unspecified atom stereocenters. The molecule has 0 spiro atoms. The Hall–Kier alpha value is -6.44. The molecule has 1 aromatic heterocycles. The molecule has 0 aliphatic heterocycles. The first-order valence-electron chi connectivity index (χ1n) is 16.9. The number of nitrogens with one attached hydrogen (secondary N) is 1. The van der Waals surface area contributed by atoms with Crippen molar-refractivity contribution in [1.82, 2.24) is 4.98 Å². The van der Waals surface area contributed by atoms with Gasteiger partial charge in [0.2, 0.25) is 0 Å². The van der Waals surface area contributed by atoms with E-state index < -0.39 is 0 Å². The Morgan fingerprint density at radius 3 is 1.41 bits per heavy atom. The minimum atomic E-state index is 1.16. The maximum absolute atomic E-state index is 3.66. The second kappa shape index (κ2) is 11.1. The van der Waals surface area contributed by atoms with Crippen molar-refractivity contribution in [2.24, 2.45) is 0 Å². The maximum atomic E-state index is 3.66. The molecule has 49 heavy (non-hydrogen) atoms. The van der Waals surface area contributed by atoms with Gasteiger partial charge >= 0.3 is 0 Å². The van der Waals surface area contributed by atoms with Crippen LogP contribution >= 0.6 is 0 Å². The lowest BCUT2D eigenvalue weighted by molar-refractivity contribution is 1.55. The summed E-state index contributed by atoms with van der Waals surface area (Å²) >= 11 is 0. The number of hydrogen-bond donors (Lipinski definition) is 1. The van der Waals surface area contributed by atoms with E-state index in [1.807, 2.05) is 0 Å². The number of fused-ring (bicyclic) bond motifs is 6. The van der Waals surface area contributed by atoms with Crippen molar-refractivity contribution in [1.29, 1.82) is 0 Å². The van der Waals surface area contributed by atoms with Gasteiger partial charge in [0, 0.05) is 21.8 Å². The molecule has 0 fully saturated rings. The summed E-state index contributed by atoms with van der Waals surface area (Å²) in [6, 6.07) is 66.5. The fourth-order valence-corrected chi connectivity index (χ4v) is 7.83. The van der Waals surface area contributed by atoms with E-state index >= 15 is 0 Å². The van der Waals surface area contributed by atoms with Crippen molar-refractivity contribution < 1.29 is 0 Å². The predicted molar refractivity (Wildman–Crippen MR) is 210 cm³/mol. The summed E-state index contributed by atoms with van der Waals surface area (Å²) in [5.41, 5.74) is 12.2. The highest BCUT2D eigenvalue weighted by Crippen LogP contribution is 2.44. The van der Waals surface area contributed by atoms with E-state index in [2.05, 4.69) is 187 Å². The van der Waals surface area contributed by atoms with Gasteiger partial charge in [0.05, 0.1) is 0 Å². The van der Waals surface area contributed by atoms with E-state index in [1.165, 1.54) is 93.1 Å². The summed E-state index contributed by atoms with van der Waals surface area (Å²) in [6.45, 7) is 0. The number of aromatic nitrogens is 1. The quantitative estimate of drug-likeness (QED) is 0.188. The Balaban J connectivity index is 1.14. The van der Waals surface area contributed by atoms with Gasteiger partial charge in [-0.25, -0.2) is 0 Å². The Kier molecular flexibility index (Phi) is 6.25. The van der Waals surface area contributed by atoms with E-state index in [0.717, 1.165) is 5.52 Å². The van der Waals surface area contributed by atoms with Crippen molar-refractivity contribution in [3.05, 3.63) is 182 Å². The van der Waals surface area contributed by atoms with Gasteiger partial charge in [-0.3, -0.25) is 0 Å². The second-order valence-electron chi connectivity index (χ2n) is 13.0. The van der Waals surface area contributed by atoms with E-state index in [1.54, 1.807) is 0 Å². The predicted octanol–water partition coefficient (Wildman–Crippen LogP) is 13.4. The topological polar surface area (TPSA) is 15.8 Å². The van der Waals surface area contributed by atoms with Gasteiger partial charge < -0.3 is 4.98 Å². The minimum Gasteiger partial charge on any atom is -0.354 e. The number of hydrogen-bond acceptors (Lipinski definition) is 0. The monoisotopic (exact) mass is 621 g/mol. The van der Waals surface area contributed by atoms with Gasteiger partial charge in [-0.05, 0) is 107 Å². The molecule has 0 aliphatic carbocycles. The van der Waals surface area contributed by atoms with Crippen molar-refractivity contribution in [2.75, 3.05) is 0 Å². The largest absolute Gasteiger partial charge is 0.354 e. The lowest BCUT2D eigenvalue weighted by Crippen LogP contribution is -1.91. The highest BCUT2D eigenvalue weighted by atomic mass is 14.7. The highest BCUT2D eigenvalue weighted by molar-refractivity contribution is 6.21. The van der Waals surface area contributed by atoms with Crippen LogP contribution in [0.1, 0.15) is 0 Å². The molecule has 0 radical (unpaired) electrons. The molecule has 0 amide bonds. The molecule has 10 aromatic rings. The van der Waals surface area contributed by atoms with Crippen LogP contribution in [0, 0.1) is 0 Å². The van der Waals surface area contributed by atoms with Crippen molar-refractivity contribution in [2.45, 2.75) is 0 Å². The molecular formula is C48H31N. The molecule has 0 saturated heterocycles. The molecule has 0 saturated carbocycles. The van der Waals surface area contributed by atoms with Gasteiger partial charge in [0.25, 0.3) is 0 Å². The first kappa shape index (κ1) is 27.7. The summed E-state index contributed by atoms with van der Waals surface area (Å²) in [4.78, 5) is 3.66. The zero-order chi connectivity index (χ0) is 32.3. The Bertz CT molecular complexity index is 2800. The van der Waals surface area contributed by atoms with Gasteiger partial charge in [-0.1, -0.05) is 152 Å². The van der Waals surface area contributed by atoms with Gasteiger partial charge in [0.1, 0.15) is 0 Å². The average Bonchev–Trinajstić information content (AvgIpc) is 3.53. The standard InChI is InChI=1S/C48H31N/c1-2-11-31(12-3-1)32-21-23-33(24-22-32)47-39-17-6-8-19-41(39)48(42-20-9-7-18-40(42)47)38-16-10-15-34(27-38)37-25-26-45-43(29-37)44-28-35-13-4-5-14-36(35)30-46(44)49-45/h1-30,49H. The zero-order valence-corrected chi connectivity index (χ0v) is 26.8. The third-order valence-corrected chi connectivity index (χ3v) is 10.2. The Morgan fingerprint density at radius 1 is 0.245 bits per heavy atom. The zero-order valence-electron chi connectivity index (χ0n) is 26.8. The number of aromatic amines is 1. The Labute approximate surface area is 284 Å². The summed E-state index contributed by atoms with van der Waals surface area (Å²) in [6.07, 6.45) is 0. The van der Waals surface area contributed by atoms with Crippen molar-refractivity contribution >= 4 is 54.1 Å². The lowest BCUT2D eigenvalue weighted by atomic mass is 9.85. The lowest BCUT2D eigenvalue weighted by Gasteiger charge is -2.18. The number of benzene rings is 9. The van der Waals surface area contributed by atoms with Crippen LogP contribution in [0.5, 0.6) is 0 Å². The van der Waals surface area contributed by atoms with Gasteiger partial charge in [-0.15, -0.1) is 0 Å². The maximum Gasteiger partial charge on any atom is 0.0471 e. The van der Waals surface area contributed by atoms with E-state index in [-0.39, 0.29) is 0 Å². The van der Waals surface area contributed by atoms with Crippen LogP contribution in [0.2, 0.25) is 0 Å². The fraction of sp³-hybridized carbons (Fsp3) is 0. The summed E-state index contributed by atoms with van der Waals surface area (Å²) in [5.74, 6) is 0. The van der Waals surface area contributed by atoms with Crippen LogP contribution in [-0.4, -0.2) is 4.98 Å². The molecule has 1 heterocycles. The molecule has 228 valence electrons. The summed E-state index contributed by atoms with van der Waals surface area (Å²) in [7, 11) is 0. The van der Waals surface area contributed by atoms with Crippen LogP contribution in [0.25, 0.3) is 98.6 Å². The third kappa shape index (κ3) is 4.55. The molecule has 1 nitrogen and oxygen atoms in total. The number of rotatable bonds is 4. The van der Waals surface area contributed by atoms with Crippen LogP contribution < -0.4 is 0 Å². The summed E-state index contributed by atoms with van der Waals surface area (Å²) < 4.78 is 0. The second-order valence-corrected chi connectivity index (χ2v) is 13.0. The van der Waals surface area contributed by atoms with Crippen LogP contribution in [0.3, 0.4) is 0 Å². The van der Waals surface area contributed by atoms with E-state index in [4.69, 9.17) is 0 Å². The molecular weight excluding hydrogens is 591 g/mol. The smallest absolute Gasteiger partial charge is 0.0471 e. The van der Waals surface area contributed by atoms with Crippen molar-refractivity contribution in [3.63, 3.8) is 0 Å². The summed E-state index contributed by atoms with van der Waals surface area (Å²) in [5, 5.41) is 10.1. The fourth-order valence-electron chi connectivity index (χ4n) is 7.83. The van der Waals surface area contributed by atoms with E-state index in [0.29, 0.717) is 0 Å². The number of H-pyrrole nitrogens is 1. The molecule has 0 bridgehead atoms. The first-order chi connectivity index (χ1) is 24.3. The molecule has 1 heteroatoms. The highest BCUT2D eigenvalue weighted by Gasteiger charge is 2.17. The van der Waals surface area contributed by atoms with Crippen LogP contribution in [-0.2, 0) is 0 Å². The molecule has 9 aromatic carbocycles. The molecule has 10 rings (SSSR count). The average molecular weight is 622 g/mol. The van der Waals surface area contributed by atoms with Gasteiger partial charge in [-0.2, -0.15) is 0 Å². The minimum absolute atomic E-state index is 1.16. The van der Waals surface area contributed by atoms with Crippen molar-refractivity contribution in [3.8, 4) is 44.5 Å². The first-order valence-corrected chi connectivity index (χ1v) is 16.9. The Morgan fingerprint density at radius 2 is 0.714 bits per heavy atom. The normalized spacial score (nSPS) is 11.7. The van der Waals surface area contributed by atoms with Crippen LogP contribution in [0.4, 0.5) is 0 Å². The van der Waals surface area contributed by atoms with Crippen LogP contribution in [0.15, 0.2) is 182 Å².